The molecule has 25 heavy (non-hydrogen) atoms. The van der Waals surface area contributed by atoms with Crippen LogP contribution in [0.3, 0.4) is 0 Å². The minimum absolute atomic E-state index is 0.622. The van der Waals surface area contributed by atoms with Gasteiger partial charge in [0.2, 0.25) is 0 Å². The Morgan fingerprint density at radius 3 is 2.24 bits per heavy atom. The van der Waals surface area contributed by atoms with Crippen molar-refractivity contribution in [2.75, 3.05) is 24.4 Å². The molecular formula is C23H32OS. The number of benzene rings is 2. The summed E-state index contributed by atoms with van der Waals surface area (Å²) in [6.07, 6.45) is 13.6. The maximum absolute atomic E-state index is 6.37. The van der Waals surface area contributed by atoms with Crippen LogP contribution >= 0.6 is 10.0 Å². The zero-order valence-electron chi connectivity index (χ0n) is 15.6. The molecule has 1 heterocycles. The summed E-state index contributed by atoms with van der Waals surface area (Å²) in [6.45, 7) is 0.896. The highest BCUT2D eigenvalue weighted by atomic mass is 32.3. The van der Waals surface area contributed by atoms with E-state index in [9.17, 15) is 0 Å². The van der Waals surface area contributed by atoms with Gasteiger partial charge in [0.05, 0.1) is 6.61 Å². The fraction of sp³-hybridized carbons (Fsp3) is 0.565. The standard InChI is InChI=1S/C23H32OS/c1-25(16-8-9-17-25)23-15-14-22(20-12-6-7-13-21(20)23)24-18-19-10-4-2-3-5-11-19/h6-7,12-15,19H,2-5,8-11,16-18H2,1H3. The molecule has 2 aromatic rings. The van der Waals surface area contributed by atoms with Gasteiger partial charge >= 0.3 is 0 Å². The van der Waals surface area contributed by atoms with Crippen molar-refractivity contribution in [3.8, 4) is 5.75 Å². The molecule has 2 aliphatic rings. The Hall–Kier alpha value is -1.15. The molecule has 1 saturated heterocycles. The number of rotatable bonds is 4. The van der Waals surface area contributed by atoms with E-state index < -0.39 is 10.0 Å². The van der Waals surface area contributed by atoms with Crippen LogP contribution in [0.1, 0.15) is 51.4 Å². The highest BCUT2D eigenvalue weighted by molar-refractivity contribution is 8.33. The lowest BCUT2D eigenvalue weighted by atomic mass is 10.0. The summed E-state index contributed by atoms with van der Waals surface area (Å²) in [4.78, 5) is 1.61. The number of fused-ring (bicyclic) bond motifs is 1. The van der Waals surface area contributed by atoms with Crippen LogP contribution in [0.5, 0.6) is 5.75 Å². The second-order valence-corrected chi connectivity index (χ2v) is 12.0. The van der Waals surface area contributed by atoms with E-state index in [-0.39, 0.29) is 0 Å². The molecule has 0 unspecified atom stereocenters. The van der Waals surface area contributed by atoms with Crippen LogP contribution in [-0.4, -0.2) is 24.4 Å². The van der Waals surface area contributed by atoms with Crippen molar-refractivity contribution in [2.24, 2.45) is 5.92 Å². The van der Waals surface area contributed by atoms with E-state index in [2.05, 4.69) is 42.7 Å². The molecule has 1 aliphatic carbocycles. The van der Waals surface area contributed by atoms with Gasteiger partial charge in [-0.25, -0.2) is 10.0 Å². The van der Waals surface area contributed by atoms with E-state index in [4.69, 9.17) is 4.74 Å². The highest BCUT2D eigenvalue weighted by Crippen LogP contribution is 2.59. The van der Waals surface area contributed by atoms with Crippen molar-refractivity contribution in [1.29, 1.82) is 0 Å². The molecule has 2 heteroatoms. The molecule has 0 amide bonds. The van der Waals surface area contributed by atoms with Gasteiger partial charge in [-0.1, -0.05) is 49.9 Å². The Bertz CT molecular complexity index is 709. The quantitative estimate of drug-likeness (QED) is 0.549. The summed E-state index contributed by atoms with van der Waals surface area (Å²) < 4.78 is 6.37. The summed E-state index contributed by atoms with van der Waals surface area (Å²) >= 11 is 0. The molecule has 0 aromatic heterocycles. The second kappa shape index (κ2) is 7.61. The highest BCUT2D eigenvalue weighted by Gasteiger charge is 2.27. The van der Waals surface area contributed by atoms with Crippen molar-refractivity contribution in [2.45, 2.75) is 56.3 Å². The topological polar surface area (TPSA) is 9.23 Å². The Morgan fingerprint density at radius 2 is 1.52 bits per heavy atom. The van der Waals surface area contributed by atoms with Crippen molar-refractivity contribution in [3.63, 3.8) is 0 Å². The molecule has 2 fully saturated rings. The van der Waals surface area contributed by atoms with Crippen LogP contribution < -0.4 is 4.74 Å². The maximum Gasteiger partial charge on any atom is 0.127 e. The summed E-state index contributed by atoms with van der Waals surface area (Å²) in [5.41, 5.74) is 0. The molecule has 1 aliphatic heterocycles. The van der Waals surface area contributed by atoms with Crippen LogP contribution in [0.15, 0.2) is 41.3 Å². The zero-order valence-corrected chi connectivity index (χ0v) is 16.5. The van der Waals surface area contributed by atoms with E-state index >= 15 is 0 Å². The molecule has 1 saturated carbocycles. The van der Waals surface area contributed by atoms with Gasteiger partial charge in [0.1, 0.15) is 5.75 Å². The largest absolute Gasteiger partial charge is 0.493 e. The third kappa shape index (κ3) is 3.69. The van der Waals surface area contributed by atoms with Gasteiger partial charge in [-0.2, -0.15) is 0 Å². The number of hydrogen-bond acceptors (Lipinski definition) is 1. The Morgan fingerprint density at radius 1 is 0.840 bits per heavy atom. The van der Waals surface area contributed by atoms with Gasteiger partial charge in [0.25, 0.3) is 0 Å². The third-order valence-electron chi connectivity index (χ3n) is 6.26. The second-order valence-electron chi connectivity index (χ2n) is 8.17. The first kappa shape index (κ1) is 17.3. The number of hydrogen-bond donors (Lipinski definition) is 0. The van der Waals surface area contributed by atoms with Gasteiger partial charge in [-0.3, -0.25) is 0 Å². The van der Waals surface area contributed by atoms with Crippen molar-refractivity contribution in [1.82, 2.24) is 0 Å². The average molecular weight is 357 g/mol. The summed E-state index contributed by atoms with van der Waals surface area (Å²) in [5, 5.41) is 2.77. The first-order valence-corrected chi connectivity index (χ1v) is 12.5. The third-order valence-corrected chi connectivity index (χ3v) is 10.1. The molecule has 2 aromatic carbocycles. The molecular weight excluding hydrogens is 324 g/mol. The van der Waals surface area contributed by atoms with Gasteiger partial charge in [0, 0.05) is 5.39 Å². The van der Waals surface area contributed by atoms with Crippen LogP contribution in [0.2, 0.25) is 0 Å². The van der Waals surface area contributed by atoms with E-state index in [0.717, 1.165) is 18.3 Å². The van der Waals surface area contributed by atoms with Crippen molar-refractivity contribution >= 4 is 20.8 Å². The van der Waals surface area contributed by atoms with Gasteiger partial charge in [-0.15, -0.1) is 0 Å². The molecule has 0 atom stereocenters. The fourth-order valence-corrected chi connectivity index (χ4v) is 8.13. The summed E-state index contributed by atoms with van der Waals surface area (Å²) in [5.74, 6) is 4.65. The summed E-state index contributed by atoms with van der Waals surface area (Å²) in [6, 6.07) is 13.6. The van der Waals surface area contributed by atoms with Gasteiger partial charge < -0.3 is 4.74 Å². The average Bonchev–Trinajstić information content (AvgIpc) is 2.92. The molecule has 0 N–H and O–H groups in total. The molecule has 0 spiro atoms. The lowest BCUT2D eigenvalue weighted by Crippen LogP contribution is -2.11. The summed E-state index contributed by atoms with van der Waals surface area (Å²) in [7, 11) is -0.622. The van der Waals surface area contributed by atoms with Crippen LogP contribution in [-0.2, 0) is 0 Å². The fourth-order valence-electron chi connectivity index (χ4n) is 4.70. The Balaban J connectivity index is 1.60. The van der Waals surface area contributed by atoms with Crippen LogP contribution in [0, 0.1) is 5.92 Å². The van der Waals surface area contributed by atoms with Crippen LogP contribution in [0.25, 0.3) is 10.8 Å². The first-order chi connectivity index (χ1) is 12.3. The Labute approximate surface area is 154 Å². The molecule has 0 bridgehead atoms. The van der Waals surface area contributed by atoms with Gasteiger partial charge in [0.15, 0.2) is 0 Å². The SMILES string of the molecule is CS1(c2ccc(OCC3CCCCCC3)c3ccccc23)CCCC1. The lowest BCUT2D eigenvalue weighted by molar-refractivity contribution is 0.236. The molecule has 0 radical (unpaired) electrons. The predicted molar refractivity (Wildman–Crippen MR) is 111 cm³/mol. The van der Waals surface area contributed by atoms with E-state index in [0.29, 0.717) is 0 Å². The minimum Gasteiger partial charge on any atom is -0.493 e. The van der Waals surface area contributed by atoms with Gasteiger partial charge in [-0.05, 0) is 71.8 Å². The van der Waals surface area contributed by atoms with E-state index in [1.54, 1.807) is 4.90 Å². The van der Waals surface area contributed by atoms with E-state index in [1.807, 2.05) is 0 Å². The minimum atomic E-state index is -0.622. The van der Waals surface area contributed by atoms with Crippen LogP contribution in [0.4, 0.5) is 0 Å². The lowest BCUT2D eigenvalue weighted by Gasteiger charge is -2.32. The number of ether oxygens (including phenoxy) is 1. The molecule has 4 rings (SSSR count). The normalized spacial score (nSPS) is 22.6. The van der Waals surface area contributed by atoms with Crippen molar-refractivity contribution in [3.05, 3.63) is 36.4 Å². The van der Waals surface area contributed by atoms with Crippen molar-refractivity contribution < 1.29 is 4.74 Å². The maximum atomic E-state index is 6.37. The first-order valence-electron chi connectivity index (χ1n) is 10.1. The molecule has 136 valence electrons. The van der Waals surface area contributed by atoms with E-state index in [1.165, 1.54) is 73.6 Å². The predicted octanol–water partition coefficient (Wildman–Crippen LogP) is 6.78. The molecule has 1 nitrogen and oxygen atoms in total. The Kier molecular flexibility index (Phi) is 5.26. The monoisotopic (exact) mass is 356 g/mol. The smallest absolute Gasteiger partial charge is 0.127 e. The zero-order chi connectivity index (χ0) is 17.1.